The maximum absolute atomic E-state index is 10.9. The number of nitrogen functional groups attached to an aromatic ring is 1. The standard InChI is InChI=1S/C26H27ClN4O/c27-23-22(14-17-26(32)15-8-3-9-16-26)24(30-25(28)29-23)31(18-20-10-4-1-5-11-20)19-21-12-6-2-7-13-21/h1-13,15,32H,14,16-19H2,(H2,28,29,30). The lowest BCUT2D eigenvalue weighted by Crippen LogP contribution is -2.29. The molecule has 32 heavy (non-hydrogen) atoms. The van der Waals surface area contributed by atoms with Crippen LogP contribution in [0.3, 0.4) is 0 Å². The zero-order chi connectivity index (χ0) is 22.4. The third-order valence-electron chi connectivity index (χ3n) is 5.62. The molecule has 6 heteroatoms. The van der Waals surface area contributed by atoms with E-state index in [2.05, 4.69) is 39.1 Å². The molecule has 1 aromatic heterocycles. The fraction of sp³-hybridized carbons (Fsp3) is 0.231. The first-order valence-corrected chi connectivity index (χ1v) is 11.1. The summed E-state index contributed by atoms with van der Waals surface area (Å²) in [5, 5.41) is 11.2. The first-order valence-electron chi connectivity index (χ1n) is 10.7. The molecule has 2 aromatic carbocycles. The summed E-state index contributed by atoms with van der Waals surface area (Å²) in [7, 11) is 0. The van der Waals surface area contributed by atoms with Gasteiger partial charge in [0.1, 0.15) is 11.0 Å². The number of aromatic nitrogens is 2. The molecule has 164 valence electrons. The van der Waals surface area contributed by atoms with Crippen molar-refractivity contribution in [2.24, 2.45) is 0 Å². The molecule has 5 nitrogen and oxygen atoms in total. The fourth-order valence-corrected chi connectivity index (χ4v) is 4.20. The molecule has 0 saturated heterocycles. The van der Waals surface area contributed by atoms with Crippen molar-refractivity contribution in [1.29, 1.82) is 0 Å². The molecule has 1 aliphatic rings. The van der Waals surface area contributed by atoms with Crippen LogP contribution in [0.15, 0.2) is 85.0 Å². The van der Waals surface area contributed by atoms with Gasteiger partial charge in [-0.15, -0.1) is 0 Å². The van der Waals surface area contributed by atoms with Crippen LogP contribution in [0.1, 0.15) is 29.5 Å². The molecule has 3 N–H and O–H groups in total. The Morgan fingerprint density at radius 3 is 2.12 bits per heavy atom. The first-order chi connectivity index (χ1) is 15.5. The Kier molecular flexibility index (Phi) is 6.88. The Morgan fingerprint density at radius 1 is 0.938 bits per heavy atom. The molecule has 0 aliphatic heterocycles. The number of allylic oxidation sites excluding steroid dienone is 2. The van der Waals surface area contributed by atoms with E-state index in [0.29, 0.717) is 43.3 Å². The lowest BCUT2D eigenvalue weighted by molar-refractivity contribution is 0.0838. The van der Waals surface area contributed by atoms with E-state index < -0.39 is 5.60 Å². The van der Waals surface area contributed by atoms with Gasteiger partial charge in [0.15, 0.2) is 0 Å². The van der Waals surface area contributed by atoms with E-state index in [0.717, 1.165) is 16.7 Å². The largest absolute Gasteiger partial charge is 0.385 e. The van der Waals surface area contributed by atoms with Crippen LogP contribution in [0.25, 0.3) is 0 Å². The lowest BCUT2D eigenvalue weighted by atomic mass is 9.89. The predicted octanol–water partition coefficient (Wildman–Crippen LogP) is 5.10. The fourth-order valence-electron chi connectivity index (χ4n) is 3.93. The quantitative estimate of drug-likeness (QED) is 0.471. The van der Waals surface area contributed by atoms with Gasteiger partial charge >= 0.3 is 0 Å². The highest BCUT2D eigenvalue weighted by molar-refractivity contribution is 6.30. The number of nitrogens with zero attached hydrogens (tertiary/aromatic N) is 3. The number of nitrogens with two attached hydrogens (primary N) is 1. The lowest BCUT2D eigenvalue weighted by Gasteiger charge is -2.29. The molecule has 0 radical (unpaired) electrons. The van der Waals surface area contributed by atoms with E-state index in [9.17, 15) is 5.11 Å². The number of rotatable bonds is 8. The van der Waals surface area contributed by atoms with Crippen LogP contribution in [0.2, 0.25) is 5.15 Å². The smallest absolute Gasteiger partial charge is 0.223 e. The molecule has 1 aliphatic carbocycles. The summed E-state index contributed by atoms with van der Waals surface area (Å²) in [6.45, 7) is 1.28. The Morgan fingerprint density at radius 2 is 1.56 bits per heavy atom. The molecule has 0 bridgehead atoms. The molecule has 0 spiro atoms. The highest BCUT2D eigenvalue weighted by Gasteiger charge is 2.26. The number of halogens is 1. The summed E-state index contributed by atoms with van der Waals surface area (Å²) in [6, 6.07) is 20.5. The summed E-state index contributed by atoms with van der Waals surface area (Å²) in [5.74, 6) is 0.841. The number of hydrogen-bond donors (Lipinski definition) is 2. The van der Waals surface area contributed by atoms with Crippen LogP contribution < -0.4 is 10.6 Å². The highest BCUT2D eigenvalue weighted by atomic mass is 35.5. The summed E-state index contributed by atoms with van der Waals surface area (Å²) in [5.41, 5.74) is 8.22. The van der Waals surface area contributed by atoms with Gasteiger partial charge in [0.2, 0.25) is 5.95 Å². The van der Waals surface area contributed by atoms with Crippen LogP contribution in [0.4, 0.5) is 11.8 Å². The average Bonchev–Trinajstić information content (AvgIpc) is 2.79. The van der Waals surface area contributed by atoms with E-state index >= 15 is 0 Å². The molecule has 0 amide bonds. The van der Waals surface area contributed by atoms with Gasteiger partial charge < -0.3 is 15.7 Å². The second kappa shape index (κ2) is 9.98. The van der Waals surface area contributed by atoms with E-state index in [1.165, 1.54) is 0 Å². The van der Waals surface area contributed by atoms with E-state index in [1.807, 2.05) is 60.7 Å². The minimum Gasteiger partial charge on any atom is -0.385 e. The van der Waals surface area contributed by atoms with Crippen molar-refractivity contribution in [1.82, 2.24) is 9.97 Å². The van der Waals surface area contributed by atoms with E-state index in [-0.39, 0.29) is 5.95 Å². The topological polar surface area (TPSA) is 75.3 Å². The summed E-state index contributed by atoms with van der Waals surface area (Å²) < 4.78 is 0. The SMILES string of the molecule is Nc1nc(Cl)c(CCC2(O)C=CC=CC2)c(N(Cc2ccccc2)Cc2ccccc2)n1. The molecule has 0 fully saturated rings. The van der Waals surface area contributed by atoms with Crippen LogP contribution in [0.5, 0.6) is 0 Å². The Balaban J connectivity index is 1.68. The second-order valence-corrected chi connectivity index (χ2v) is 8.46. The third kappa shape index (κ3) is 5.55. The minimum atomic E-state index is -0.902. The third-order valence-corrected chi connectivity index (χ3v) is 5.93. The normalized spacial score (nSPS) is 17.4. The monoisotopic (exact) mass is 446 g/mol. The Bertz CT molecular complexity index is 1060. The van der Waals surface area contributed by atoms with Crippen molar-refractivity contribution in [3.8, 4) is 0 Å². The van der Waals surface area contributed by atoms with Crippen LogP contribution in [0, 0.1) is 0 Å². The molecular weight excluding hydrogens is 420 g/mol. The van der Waals surface area contributed by atoms with E-state index in [4.69, 9.17) is 17.3 Å². The highest BCUT2D eigenvalue weighted by Crippen LogP contribution is 2.32. The Hall–Kier alpha value is -3.15. The molecular formula is C26H27ClN4O. The number of benzene rings is 2. The molecule has 4 rings (SSSR count). The van der Waals surface area contributed by atoms with Crippen molar-refractivity contribution >= 4 is 23.4 Å². The molecule has 1 heterocycles. The second-order valence-electron chi connectivity index (χ2n) is 8.10. The molecule has 3 aromatic rings. The van der Waals surface area contributed by atoms with Crippen LogP contribution >= 0.6 is 11.6 Å². The van der Waals surface area contributed by atoms with Gasteiger partial charge in [-0.3, -0.25) is 0 Å². The van der Waals surface area contributed by atoms with E-state index in [1.54, 1.807) is 0 Å². The molecule has 1 atom stereocenters. The zero-order valence-electron chi connectivity index (χ0n) is 17.9. The van der Waals surface area contributed by atoms with Gasteiger partial charge in [0.25, 0.3) is 0 Å². The average molecular weight is 447 g/mol. The molecule has 1 unspecified atom stereocenters. The van der Waals surface area contributed by atoms with Gasteiger partial charge in [-0.2, -0.15) is 4.98 Å². The van der Waals surface area contributed by atoms with Crippen molar-refractivity contribution in [3.05, 3.63) is 107 Å². The van der Waals surface area contributed by atoms with Gasteiger partial charge in [0, 0.05) is 18.7 Å². The first kappa shape index (κ1) is 22.1. The van der Waals surface area contributed by atoms with Crippen molar-refractivity contribution in [2.45, 2.75) is 38.0 Å². The minimum absolute atomic E-state index is 0.138. The Labute approximate surface area is 193 Å². The van der Waals surface area contributed by atoms with Crippen molar-refractivity contribution in [3.63, 3.8) is 0 Å². The summed E-state index contributed by atoms with van der Waals surface area (Å²) >= 11 is 6.58. The van der Waals surface area contributed by atoms with Gasteiger partial charge in [0.05, 0.1) is 5.60 Å². The van der Waals surface area contributed by atoms with Crippen molar-refractivity contribution in [2.75, 3.05) is 10.6 Å². The summed E-state index contributed by atoms with van der Waals surface area (Å²) in [4.78, 5) is 11.0. The van der Waals surface area contributed by atoms with Gasteiger partial charge in [-0.05, 0) is 30.4 Å². The van der Waals surface area contributed by atoms with Crippen molar-refractivity contribution < 1.29 is 5.11 Å². The maximum atomic E-state index is 10.9. The predicted molar refractivity (Wildman–Crippen MR) is 130 cm³/mol. The number of hydrogen-bond acceptors (Lipinski definition) is 5. The number of anilines is 2. The zero-order valence-corrected chi connectivity index (χ0v) is 18.6. The maximum Gasteiger partial charge on any atom is 0.223 e. The summed E-state index contributed by atoms with van der Waals surface area (Å²) in [6.07, 6.45) is 9.25. The number of aliphatic hydroxyl groups is 1. The van der Waals surface area contributed by atoms with Gasteiger partial charge in [-0.25, -0.2) is 4.98 Å². The van der Waals surface area contributed by atoms with Gasteiger partial charge in [-0.1, -0.05) is 96.6 Å². The van der Waals surface area contributed by atoms with Crippen LogP contribution in [-0.4, -0.2) is 20.7 Å². The molecule has 0 saturated carbocycles. The van der Waals surface area contributed by atoms with Crippen LogP contribution in [-0.2, 0) is 19.5 Å².